The Hall–Kier alpha value is -0.900. The van der Waals surface area contributed by atoms with Crippen LogP contribution in [-0.4, -0.2) is 18.5 Å². The third kappa shape index (κ3) is 2.12. The van der Waals surface area contributed by atoms with Gasteiger partial charge in [-0.3, -0.25) is 0 Å². The number of ether oxygens (including phenoxy) is 1. The van der Waals surface area contributed by atoms with Gasteiger partial charge in [0.25, 0.3) is 0 Å². The van der Waals surface area contributed by atoms with Gasteiger partial charge < -0.3 is 9.84 Å². The molecule has 0 radical (unpaired) electrons. The Morgan fingerprint density at radius 1 is 1.29 bits per heavy atom. The van der Waals surface area contributed by atoms with Crippen LogP contribution in [-0.2, 0) is 11.2 Å². The van der Waals surface area contributed by atoms with Crippen LogP contribution < -0.4 is 0 Å². The Bertz CT molecular complexity index is 408. The lowest BCUT2D eigenvalue weighted by Gasteiger charge is -2.01. The lowest BCUT2D eigenvalue weighted by molar-refractivity contribution is 0.000279. The standard InChI is InChI=1S/C11H12O2S/c12-8-13-5-3-9-1-2-11-10(7-9)4-6-14-11/h1-2,4,6-7,12H,3,5,8H2. The summed E-state index contributed by atoms with van der Waals surface area (Å²) < 4.78 is 6.21. The fraction of sp³-hybridized carbons (Fsp3) is 0.273. The van der Waals surface area contributed by atoms with Crippen molar-refractivity contribution in [2.24, 2.45) is 0 Å². The zero-order valence-corrected chi connectivity index (χ0v) is 8.59. The zero-order chi connectivity index (χ0) is 9.80. The molecule has 0 aliphatic rings. The molecule has 0 aliphatic heterocycles. The first kappa shape index (κ1) is 9.65. The van der Waals surface area contributed by atoms with Gasteiger partial charge in [0, 0.05) is 4.70 Å². The highest BCUT2D eigenvalue weighted by molar-refractivity contribution is 7.17. The van der Waals surface area contributed by atoms with E-state index in [9.17, 15) is 0 Å². The number of benzene rings is 1. The molecule has 0 amide bonds. The molecule has 1 aromatic carbocycles. The van der Waals surface area contributed by atoms with E-state index < -0.39 is 0 Å². The quantitative estimate of drug-likeness (QED) is 0.617. The molecule has 2 nitrogen and oxygen atoms in total. The number of hydrogen-bond donors (Lipinski definition) is 1. The fourth-order valence-electron chi connectivity index (χ4n) is 1.43. The molecule has 0 atom stereocenters. The minimum atomic E-state index is -0.194. The normalized spacial score (nSPS) is 10.9. The molecule has 0 spiro atoms. The molecule has 3 heteroatoms. The maximum absolute atomic E-state index is 8.46. The molecule has 1 aromatic heterocycles. The summed E-state index contributed by atoms with van der Waals surface area (Å²) in [4.78, 5) is 0. The Balaban J connectivity index is 2.10. The molecule has 0 unspecified atom stereocenters. The topological polar surface area (TPSA) is 29.5 Å². The van der Waals surface area contributed by atoms with E-state index in [0.29, 0.717) is 6.61 Å². The Kier molecular flexibility index (Phi) is 3.14. The first-order valence-electron chi connectivity index (χ1n) is 4.55. The molecule has 0 fully saturated rings. The average Bonchev–Trinajstić information content (AvgIpc) is 2.65. The molecule has 1 N–H and O–H groups in total. The van der Waals surface area contributed by atoms with Crippen LogP contribution in [0.25, 0.3) is 10.1 Å². The predicted octanol–water partition coefficient (Wildman–Crippen LogP) is 2.41. The molecule has 74 valence electrons. The summed E-state index contributed by atoms with van der Waals surface area (Å²) in [5, 5.41) is 11.8. The summed E-state index contributed by atoms with van der Waals surface area (Å²) in [6.45, 7) is 0.382. The number of aliphatic hydroxyl groups is 1. The fourth-order valence-corrected chi connectivity index (χ4v) is 2.20. The summed E-state index contributed by atoms with van der Waals surface area (Å²) in [7, 11) is 0. The number of hydrogen-bond acceptors (Lipinski definition) is 3. The van der Waals surface area contributed by atoms with Gasteiger partial charge in [-0.05, 0) is 34.9 Å². The predicted molar refractivity (Wildman–Crippen MR) is 58.6 cm³/mol. The molecule has 0 bridgehead atoms. The van der Waals surface area contributed by atoms with E-state index >= 15 is 0 Å². The minimum Gasteiger partial charge on any atom is -0.371 e. The molecular weight excluding hydrogens is 196 g/mol. The van der Waals surface area contributed by atoms with Gasteiger partial charge in [-0.25, -0.2) is 0 Å². The summed E-state index contributed by atoms with van der Waals surface area (Å²) in [6.07, 6.45) is 0.854. The van der Waals surface area contributed by atoms with E-state index in [1.165, 1.54) is 15.6 Å². The summed E-state index contributed by atoms with van der Waals surface area (Å²) in [5.41, 5.74) is 1.25. The highest BCUT2D eigenvalue weighted by Gasteiger charge is 1.97. The SMILES string of the molecule is OCOCCc1ccc2sccc2c1. The van der Waals surface area contributed by atoms with Crippen LogP contribution in [0.15, 0.2) is 29.6 Å². The Labute approximate surface area is 86.8 Å². The number of fused-ring (bicyclic) bond motifs is 1. The maximum Gasteiger partial charge on any atom is 0.143 e. The molecular formula is C11H12O2S. The van der Waals surface area contributed by atoms with Gasteiger partial charge in [-0.1, -0.05) is 12.1 Å². The van der Waals surface area contributed by atoms with Gasteiger partial charge in [0.05, 0.1) is 6.61 Å². The van der Waals surface area contributed by atoms with E-state index in [2.05, 4.69) is 29.6 Å². The largest absolute Gasteiger partial charge is 0.371 e. The maximum atomic E-state index is 8.46. The molecule has 2 aromatic rings. The third-order valence-electron chi connectivity index (χ3n) is 2.14. The monoisotopic (exact) mass is 208 g/mol. The van der Waals surface area contributed by atoms with Gasteiger partial charge in [0.2, 0.25) is 0 Å². The van der Waals surface area contributed by atoms with Crippen molar-refractivity contribution in [1.82, 2.24) is 0 Å². The van der Waals surface area contributed by atoms with Crippen molar-refractivity contribution in [3.05, 3.63) is 35.2 Å². The molecule has 1 heterocycles. The molecule has 14 heavy (non-hydrogen) atoms. The highest BCUT2D eigenvalue weighted by atomic mass is 32.1. The van der Waals surface area contributed by atoms with Gasteiger partial charge in [0.1, 0.15) is 6.79 Å². The van der Waals surface area contributed by atoms with Crippen LogP contribution in [0.2, 0.25) is 0 Å². The molecule has 0 aliphatic carbocycles. The van der Waals surface area contributed by atoms with Gasteiger partial charge in [-0.2, -0.15) is 0 Å². The first-order valence-corrected chi connectivity index (χ1v) is 5.43. The van der Waals surface area contributed by atoms with E-state index in [1.54, 1.807) is 11.3 Å². The van der Waals surface area contributed by atoms with E-state index in [4.69, 9.17) is 9.84 Å². The third-order valence-corrected chi connectivity index (χ3v) is 3.04. The van der Waals surface area contributed by atoms with E-state index in [0.717, 1.165) is 6.42 Å². The van der Waals surface area contributed by atoms with Crippen LogP contribution in [0.4, 0.5) is 0 Å². The van der Waals surface area contributed by atoms with Crippen LogP contribution in [0.5, 0.6) is 0 Å². The molecule has 0 saturated carbocycles. The second kappa shape index (κ2) is 4.55. The van der Waals surface area contributed by atoms with E-state index in [1.807, 2.05) is 0 Å². The van der Waals surface area contributed by atoms with Crippen molar-refractivity contribution in [2.75, 3.05) is 13.4 Å². The summed E-state index contributed by atoms with van der Waals surface area (Å²) in [5.74, 6) is 0. The average molecular weight is 208 g/mol. The van der Waals surface area contributed by atoms with Crippen molar-refractivity contribution < 1.29 is 9.84 Å². The second-order valence-electron chi connectivity index (χ2n) is 3.08. The van der Waals surface area contributed by atoms with Gasteiger partial charge in [0.15, 0.2) is 0 Å². The van der Waals surface area contributed by atoms with Crippen molar-refractivity contribution in [2.45, 2.75) is 6.42 Å². The smallest absolute Gasteiger partial charge is 0.143 e. The Morgan fingerprint density at radius 2 is 2.21 bits per heavy atom. The first-order chi connectivity index (χ1) is 6.90. The van der Waals surface area contributed by atoms with Crippen molar-refractivity contribution in [1.29, 1.82) is 0 Å². The Morgan fingerprint density at radius 3 is 3.07 bits per heavy atom. The van der Waals surface area contributed by atoms with Crippen molar-refractivity contribution in [3.8, 4) is 0 Å². The highest BCUT2D eigenvalue weighted by Crippen LogP contribution is 2.21. The summed E-state index contributed by atoms with van der Waals surface area (Å²) in [6, 6.07) is 8.54. The number of thiophene rings is 1. The molecule has 2 rings (SSSR count). The van der Waals surface area contributed by atoms with Crippen molar-refractivity contribution >= 4 is 21.4 Å². The number of aliphatic hydroxyl groups excluding tert-OH is 1. The van der Waals surface area contributed by atoms with Gasteiger partial charge >= 0.3 is 0 Å². The van der Waals surface area contributed by atoms with Crippen LogP contribution in [0.3, 0.4) is 0 Å². The zero-order valence-electron chi connectivity index (χ0n) is 7.77. The van der Waals surface area contributed by atoms with Crippen LogP contribution >= 0.6 is 11.3 Å². The van der Waals surface area contributed by atoms with Crippen LogP contribution in [0.1, 0.15) is 5.56 Å². The van der Waals surface area contributed by atoms with Gasteiger partial charge in [-0.15, -0.1) is 11.3 Å². The summed E-state index contributed by atoms with van der Waals surface area (Å²) >= 11 is 1.75. The minimum absolute atomic E-state index is 0.194. The lowest BCUT2D eigenvalue weighted by atomic mass is 10.1. The van der Waals surface area contributed by atoms with Crippen molar-refractivity contribution in [3.63, 3.8) is 0 Å². The molecule has 0 saturated heterocycles. The van der Waals surface area contributed by atoms with Crippen LogP contribution in [0, 0.1) is 0 Å². The second-order valence-corrected chi connectivity index (χ2v) is 4.03. The number of rotatable bonds is 4. The van der Waals surface area contributed by atoms with E-state index in [-0.39, 0.29) is 6.79 Å². The lowest BCUT2D eigenvalue weighted by Crippen LogP contribution is -1.98.